The number of carbonyl (C=O) groups is 1. The average molecular weight is 408 g/mol. The fourth-order valence-corrected chi connectivity index (χ4v) is 2.57. The van der Waals surface area contributed by atoms with Crippen molar-refractivity contribution in [1.29, 1.82) is 5.26 Å². The van der Waals surface area contributed by atoms with E-state index in [0.717, 1.165) is 11.6 Å². The van der Waals surface area contributed by atoms with Crippen LogP contribution in [0.15, 0.2) is 72.6 Å². The van der Waals surface area contributed by atoms with Gasteiger partial charge in [-0.1, -0.05) is 23.7 Å². The molecule has 0 spiro atoms. The number of pyridine rings is 1. The van der Waals surface area contributed by atoms with Crippen molar-refractivity contribution in [2.24, 2.45) is 0 Å². The minimum atomic E-state index is -0.617. The zero-order chi connectivity index (χ0) is 20.6. The lowest BCUT2D eigenvalue weighted by Crippen LogP contribution is -2.13. The Morgan fingerprint density at radius 3 is 2.55 bits per heavy atom. The highest BCUT2D eigenvalue weighted by Crippen LogP contribution is 2.20. The Bertz CT molecular complexity index is 1080. The summed E-state index contributed by atoms with van der Waals surface area (Å²) in [5, 5.41) is 11.7. The third-order valence-electron chi connectivity index (χ3n) is 3.89. The van der Waals surface area contributed by atoms with Crippen molar-refractivity contribution in [2.75, 3.05) is 5.32 Å². The van der Waals surface area contributed by atoms with Crippen LogP contribution in [-0.4, -0.2) is 10.9 Å². The highest BCUT2D eigenvalue weighted by atomic mass is 35.5. The van der Waals surface area contributed by atoms with Crippen LogP contribution in [0.2, 0.25) is 5.02 Å². The zero-order valence-corrected chi connectivity index (χ0v) is 15.9. The second kappa shape index (κ2) is 9.49. The molecule has 1 amide bonds. The predicted molar refractivity (Wildman–Crippen MR) is 109 cm³/mol. The van der Waals surface area contributed by atoms with Crippen LogP contribution >= 0.6 is 11.6 Å². The van der Waals surface area contributed by atoms with Gasteiger partial charge in [0.1, 0.15) is 29.8 Å². The number of anilines is 1. The van der Waals surface area contributed by atoms with Crippen LogP contribution in [0.25, 0.3) is 6.08 Å². The van der Waals surface area contributed by atoms with Gasteiger partial charge in [0, 0.05) is 18.1 Å². The molecule has 3 aromatic rings. The Labute approximate surface area is 172 Å². The van der Waals surface area contributed by atoms with Crippen molar-refractivity contribution in [1.82, 2.24) is 4.98 Å². The molecule has 0 bridgehead atoms. The average Bonchev–Trinajstić information content (AvgIpc) is 2.74. The number of halogens is 2. The molecule has 5 nitrogen and oxygen atoms in total. The zero-order valence-electron chi connectivity index (χ0n) is 15.1. The maximum absolute atomic E-state index is 13.2. The molecule has 144 valence electrons. The molecule has 0 radical (unpaired) electrons. The number of nitrogens with one attached hydrogen (secondary N) is 1. The van der Waals surface area contributed by atoms with Crippen LogP contribution in [0.3, 0.4) is 0 Å². The summed E-state index contributed by atoms with van der Waals surface area (Å²) in [6.45, 7) is 0.407. The first-order valence-corrected chi connectivity index (χ1v) is 8.93. The molecule has 3 rings (SSSR count). The molecule has 2 aromatic carbocycles. The summed E-state index contributed by atoms with van der Waals surface area (Å²) in [6, 6.07) is 16.3. The van der Waals surface area contributed by atoms with E-state index in [4.69, 9.17) is 16.3 Å². The molecule has 0 saturated heterocycles. The number of amides is 1. The fraction of sp³-hybridized carbons (Fsp3) is 0.0455. The Morgan fingerprint density at radius 1 is 1.17 bits per heavy atom. The van der Waals surface area contributed by atoms with Crippen molar-refractivity contribution in [3.63, 3.8) is 0 Å². The van der Waals surface area contributed by atoms with E-state index in [-0.39, 0.29) is 10.6 Å². The van der Waals surface area contributed by atoms with E-state index in [9.17, 15) is 14.4 Å². The third-order valence-corrected chi connectivity index (χ3v) is 4.18. The smallest absolute Gasteiger partial charge is 0.266 e. The van der Waals surface area contributed by atoms with E-state index in [1.165, 1.54) is 18.2 Å². The summed E-state index contributed by atoms with van der Waals surface area (Å²) in [5.74, 6) is -0.553. The van der Waals surface area contributed by atoms with E-state index in [2.05, 4.69) is 10.3 Å². The van der Waals surface area contributed by atoms with Crippen LogP contribution in [0.4, 0.5) is 10.1 Å². The standard InChI is InChI=1S/C22H15ClFN3O2/c23-20-12-18(3-6-21(20)24)27-22(28)17(13-25)11-15-1-4-19(5-2-15)29-14-16-7-9-26-10-8-16/h1-12H,14H2,(H,27,28)/b17-11+. The number of nitriles is 1. The van der Waals surface area contributed by atoms with Crippen LogP contribution in [0.5, 0.6) is 5.75 Å². The first-order valence-electron chi connectivity index (χ1n) is 8.55. The Kier molecular flexibility index (Phi) is 6.56. The maximum Gasteiger partial charge on any atom is 0.266 e. The minimum Gasteiger partial charge on any atom is -0.489 e. The van der Waals surface area contributed by atoms with Gasteiger partial charge in [-0.25, -0.2) is 4.39 Å². The monoisotopic (exact) mass is 407 g/mol. The lowest BCUT2D eigenvalue weighted by molar-refractivity contribution is -0.112. The maximum atomic E-state index is 13.2. The van der Waals surface area contributed by atoms with Gasteiger partial charge in [-0.3, -0.25) is 9.78 Å². The van der Waals surface area contributed by atoms with Crippen LogP contribution in [-0.2, 0) is 11.4 Å². The highest BCUT2D eigenvalue weighted by molar-refractivity contribution is 6.31. The van der Waals surface area contributed by atoms with Crippen LogP contribution in [0.1, 0.15) is 11.1 Å². The van der Waals surface area contributed by atoms with Gasteiger partial charge < -0.3 is 10.1 Å². The Balaban J connectivity index is 1.65. The largest absolute Gasteiger partial charge is 0.489 e. The summed E-state index contributed by atoms with van der Waals surface area (Å²) >= 11 is 5.70. The topological polar surface area (TPSA) is 75.0 Å². The van der Waals surface area contributed by atoms with Crippen molar-refractivity contribution in [2.45, 2.75) is 6.61 Å². The summed E-state index contributed by atoms with van der Waals surface area (Å²) in [5.41, 5.74) is 1.84. The third kappa shape index (κ3) is 5.64. The molecule has 0 unspecified atom stereocenters. The summed E-state index contributed by atoms with van der Waals surface area (Å²) in [6.07, 6.45) is 4.84. The number of benzene rings is 2. The van der Waals surface area contributed by atoms with E-state index in [1.54, 1.807) is 36.7 Å². The number of aromatic nitrogens is 1. The molecule has 0 fully saturated rings. The highest BCUT2D eigenvalue weighted by Gasteiger charge is 2.11. The Hall–Kier alpha value is -3.69. The van der Waals surface area contributed by atoms with Gasteiger partial charge in [0.05, 0.1) is 5.02 Å². The number of ether oxygens (including phenoxy) is 1. The normalized spacial score (nSPS) is 10.9. The second-order valence-corrected chi connectivity index (χ2v) is 6.37. The molecule has 0 saturated carbocycles. The molecular weight excluding hydrogens is 393 g/mol. The first kappa shape index (κ1) is 20.1. The van der Waals surface area contributed by atoms with Gasteiger partial charge in [0.15, 0.2) is 0 Å². The minimum absolute atomic E-state index is 0.101. The van der Waals surface area contributed by atoms with E-state index in [1.807, 2.05) is 18.2 Å². The lowest BCUT2D eigenvalue weighted by atomic mass is 10.1. The van der Waals surface area contributed by atoms with Gasteiger partial charge in [-0.2, -0.15) is 5.26 Å². The van der Waals surface area contributed by atoms with E-state index < -0.39 is 11.7 Å². The van der Waals surface area contributed by atoms with Gasteiger partial charge in [-0.05, 0) is 59.7 Å². The molecule has 0 atom stereocenters. The molecule has 1 aromatic heterocycles. The quantitative estimate of drug-likeness (QED) is 0.461. The van der Waals surface area contributed by atoms with Crippen molar-refractivity contribution < 1.29 is 13.9 Å². The predicted octanol–water partition coefficient (Wildman–Crippen LogP) is 5.00. The SMILES string of the molecule is N#C/C(=C\c1ccc(OCc2ccncc2)cc1)C(=O)Nc1ccc(F)c(Cl)c1. The van der Waals surface area contributed by atoms with E-state index >= 15 is 0 Å². The molecule has 0 aliphatic carbocycles. The summed E-state index contributed by atoms with van der Waals surface area (Å²) in [4.78, 5) is 16.3. The number of hydrogen-bond acceptors (Lipinski definition) is 4. The first-order chi connectivity index (χ1) is 14.0. The van der Waals surface area contributed by atoms with Gasteiger partial charge in [0.2, 0.25) is 0 Å². The molecule has 0 aliphatic rings. The molecule has 1 N–H and O–H groups in total. The van der Waals surface area contributed by atoms with Crippen LogP contribution in [0, 0.1) is 17.1 Å². The number of nitrogens with zero attached hydrogens (tertiary/aromatic N) is 2. The molecular formula is C22H15ClFN3O2. The number of rotatable bonds is 6. The molecule has 7 heteroatoms. The van der Waals surface area contributed by atoms with E-state index in [0.29, 0.717) is 23.6 Å². The fourth-order valence-electron chi connectivity index (χ4n) is 2.39. The Morgan fingerprint density at radius 2 is 1.90 bits per heavy atom. The molecule has 1 heterocycles. The van der Waals surface area contributed by atoms with Crippen molar-refractivity contribution >= 4 is 29.3 Å². The van der Waals surface area contributed by atoms with Crippen molar-refractivity contribution in [3.05, 3.63) is 94.5 Å². The number of hydrogen-bond donors (Lipinski definition) is 1. The second-order valence-electron chi connectivity index (χ2n) is 5.97. The van der Waals surface area contributed by atoms with Crippen molar-refractivity contribution in [3.8, 4) is 11.8 Å². The van der Waals surface area contributed by atoms with Gasteiger partial charge >= 0.3 is 0 Å². The molecule has 29 heavy (non-hydrogen) atoms. The summed E-state index contributed by atoms with van der Waals surface area (Å²) < 4.78 is 18.9. The van der Waals surface area contributed by atoms with Gasteiger partial charge in [-0.15, -0.1) is 0 Å². The number of carbonyl (C=O) groups excluding carboxylic acids is 1. The summed E-state index contributed by atoms with van der Waals surface area (Å²) in [7, 11) is 0. The van der Waals surface area contributed by atoms with Crippen LogP contribution < -0.4 is 10.1 Å². The lowest BCUT2D eigenvalue weighted by Gasteiger charge is -2.07. The molecule has 0 aliphatic heterocycles. The van der Waals surface area contributed by atoms with Gasteiger partial charge in [0.25, 0.3) is 5.91 Å².